The summed E-state index contributed by atoms with van der Waals surface area (Å²) in [6, 6.07) is 7.04. The maximum atomic E-state index is 11.9. The highest BCUT2D eigenvalue weighted by Crippen LogP contribution is 2.12. The summed E-state index contributed by atoms with van der Waals surface area (Å²) in [6.07, 6.45) is 4.80. The third-order valence-corrected chi connectivity index (χ3v) is 2.38. The highest BCUT2D eigenvalue weighted by Gasteiger charge is 2.09. The smallest absolute Gasteiger partial charge is 0.278 e. The summed E-state index contributed by atoms with van der Waals surface area (Å²) in [6.45, 7) is 0. The minimum atomic E-state index is -0.151. The van der Waals surface area contributed by atoms with E-state index in [0.717, 1.165) is 11.0 Å². The maximum Gasteiger partial charge on any atom is 0.278 e. The van der Waals surface area contributed by atoms with E-state index in [1.54, 1.807) is 36.9 Å². The van der Waals surface area contributed by atoms with Crippen LogP contribution < -0.4 is 0 Å². The molecular formula is C11H8N4O. The lowest BCUT2D eigenvalue weighted by molar-refractivity contribution is 0.0945. The molecule has 16 heavy (non-hydrogen) atoms. The molecule has 1 aromatic carbocycles. The molecule has 0 spiro atoms. The van der Waals surface area contributed by atoms with Crippen LogP contribution in [0.15, 0.2) is 43.0 Å². The third-order valence-electron chi connectivity index (χ3n) is 2.38. The van der Waals surface area contributed by atoms with Crippen LogP contribution >= 0.6 is 0 Å². The number of benzene rings is 1. The summed E-state index contributed by atoms with van der Waals surface area (Å²) in [7, 11) is 0. The van der Waals surface area contributed by atoms with Crippen LogP contribution in [0.5, 0.6) is 0 Å². The van der Waals surface area contributed by atoms with Crippen molar-refractivity contribution in [2.75, 3.05) is 0 Å². The number of H-pyrrole nitrogens is 1. The standard InChI is InChI=1S/C11H8N4O/c16-11(15-5-1-4-14-15)8-2-3-9-10(6-8)13-7-12-9/h1-7H,(H,12,13). The van der Waals surface area contributed by atoms with Crippen LogP contribution in [-0.2, 0) is 0 Å². The first-order valence-electron chi connectivity index (χ1n) is 4.82. The van der Waals surface area contributed by atoms with Crippen molar-refractivity contribution in [2.45, 2.75) is 0 Å². The number of nitrogens with zero attached hydrogens (tertiary/aromatic N) is 3. The molecule has 0 radical (unpaired) electrons. The van der Waals surface area contributed by atoms with E-state index in [4.69, 9.17) is 0 Å². The van der Waals surface area contributed by atoms with E-state index in [1.165, 1.54) is 4.68 Å². The van der Waals surface area contributed by atoms with E-state index in [1.807, 2.05) is 6.07 Å². The van der Waals surface area contributed by atoms with Gasteiger partial charge in [-0.1, -0.05) is 0 Å². The Morgan fingerprint density at radius 1 is 1.38 bits per heavy atom. The molecule has 0 unspecified atom stereocenters. The SMILES string of the molecule is O=C(c1ccc2nc[nH]c2c1)n1cccn1. The lowest BCUT2D eigenvalue weighted by Gasteiger charge is -1.99. The summed E-state index contributed by atoms with van der Waals surface area (Å²) in [5.41, 5.74) is 2.27. The Morgan fingerprint density at radius 2 is 2.31 bits per heavy atom. The summed E-state index contributed by atoms with van der Waals surface area (Å²) in [5, 5.41) is 3.90. The molecule has 0 aliphatic rings. The van der Waals surface area contributed by atoms with Crippen LogP contribution in [-0.4, -0.2) is 25.7 Å². The minimum absolute atomic E-state index is 0.151. The van der Waals surface area contributed by atoms with E-state index in [-0.39, 0.29) is 5.91 Å². The Hall–Kier alpha value is -2.43. The van der Waals surface area contributed by atoms with E-state index in [0.29, 0.717) is 5.56 Å². The number of hydrogen-bond acceptors (Lipinski definition) is 3. The Balaban J connectivity index is 2.09. The minimum Gasteiger partial charge on any atom is -0.345 e. The monoisotopic (exact) mass is 212 g/mol. The fourth-order valence-electron chi connectivity index (χ4n) is 1.59. The number of fused-ring (bicyclic) bond motifs is 1. The third kappa shape index (κ3) is 1.30. The van der Waals surface area contributed by atoms with Gasteiger partial charge in [0.05, 0.1) is 17.4 Å². The maximum absolute atomic E-state index is 11.9. The van der Waals surface area contributed by atoms with Crippen LogP contribution in [0, 0.1) is 0 Å². The zero-order valence-corrected chi connectivity index (χ0v) is 8.29. The van der Waals surface area contributed by atoms with Gasteiger partial charge < -0.3 is 4.98 Å². The number of carbonyl (C=O) groups is 1. The van der Waals surface area contributed by atoms with Crippen LogP contribution in [0.2, 0.25) is 0 Å². The lowest BCUT2D eigenvalue weighted by atomic mass is 10.2. The highest BCUT2D eigenvalue weighted by molar-refractivity contribution is 5.98. The first-order valence-corrected chi connectivity index (χ1v) is 4.82. The van der Waals surface area contributed by atoms with Gasteiger partial charge in [-0.2, -0.15) is 5.10 Å². The molecule has 0 atom stereocenters. The number of carbonyl (C=O) groups excluding carboxylic acids is 1. The first kappa shape index (κ1) is 8.84. The predicted molar refractivity (Wildman–Crippen MR) is 58.0 cm³/mol. The van der Waals surface area contributed by atoms with Gasteiger partial charge in [0.15, 0.2) is 0 Å². The fraction of sp³-hybridized carbons (Fsp3) is 0. The molecule has 0 amide bonds. The molecule has 0 saturated heterocycles. The second kappa shape index (κ2) is 3.30. The average Bonchev–Trinajstić information content (AvgIpc) is 2.98. The molecule has 0 saturated carbocycles. The molecule has 2 heterocycles. The Labute approximate surface area is 90.7 Å². The van der Waals surface area contributed by atoms with Crippen LogP contribution in [0.25, 0.3) is 11.0 Å². The second-order valence-corrected chi connectivity index (χ2v) is 3.39. The second-order valence-electron chi connectivity index (χ2n) is 3.39. The van der Waals surface area contributed by atoms with Crippen molar-refractivity contribution in [1.29, 1.82) is 0 Å². The number of imidazole rings is 1. The largest absolute Gasteiger partial charge is 0.345 e. The topological polar surface area (TPSA) is 63.6 Å². The summed E-state index contributed by atoms with van der Waals surface area (Å²) in [4.78, 5) is 19.0. The zero-order chi connectivity index (χ0) is 11.0. The van der Waals surface area contributed by atoms with Gasteiger partial charge in [-0.25, -0.2) is 9.67 Å². The van der Waals surface area contributed by atoms with Gasteiger partial charge in [-0.15, -0.1) is 0 Å². The average molecular weight is 212 g/mol. The lowest BCUT2D eigenvalue weighted by Crippen LogP contribution is -2.12. The van der Waals surface area contributed by atoms with Crippen molar-refractivity contribution in [3.05, 3.63) is 48.5 Å². The molecule has 0 fully saturated rings. The molecule has 1 N–H and O–H groups in total. The quantitative estimate of drug-likeness (QED) is 0.664. The number of rotatable bonds is 1. The van der Waals surface area contributed by atoms with Gasteiger partial charge in [0.2, 0.25) is 0 Å². The molecule has 78 valence electrons. The van der Waals surface area contributed by atoms with Crippen molar-refractivity contribution in [3.63, 3.8) is 0 Å². The predicted octanol–water partition coefficient (Wildman–Crippen LogP) is 1.45. The Morgan fingerprint density at radius 3 is 3.12 bits per heavy atom. The molecule has 3 aromatic rings. The number of aromatic nitrogens is 4. The van der Waals surface area contributed by atoms with Gasteiger partial charge in [0.25, 0.3) is 5.91 Å². The van der Waals surface area contributed by atoms with E-state index < -0.39 is 0 Å². The molecule has 5 heteroatoms. The number of aromatic amines is 1. The Kier molecular flexibility index (Phi) is 1.83. The molecule has 0 aliphatic carbocycles. The van der Waals surface area contributed by atoms with Crippen LogP contribution in [0.4, 0.5) is 0 Å². The van der Waals surface area contributed by atoms with E-state index >= 15 is 0 Å². The van der Waals surface area contributed by atoms with E-state index in [9.17, 15) is 4.79 Å². The molecule has 2 aromatic heterocycles. The number of nitrogens with one attached hydrogen (secondary N) is 1. The Bertz CT molecular complexity index is 639. The van der Waals surface area contributed by atoms with E-state index in [2.05, 4.69) is 15.1 Å². The van der Waals surface area contributed by atoms with Crippen molar-refractivity contribution in [3.8, 4) is 0 Å². The van der Waals surface area contributed by atoms with Crippen molar-refractivity contribution in [1.82, 2.24) is 19.7 Å². The number of hydrogen-bond donors (Lipinski definition) is 1. The molecule has 0 bridgehead atoms. The highest BCUT2D eigenvalue weighted by atomic mass is 16.2. The normalized spacial score (nSPS) is 10.8. The van der Waals surface area contributed by atoms with Crippen LogP contribution in [0.1, 0.15) is 10.4 Å². The van der Waals surface area contributed by atoms with Crippen LogP contribution in [0.3, 0.4) is 0 Å². The van der Waals surface area contributed by atoms with Crippen molar-refractivity contribution < 1.29 is 4.79 Å². The van der Waals surface area contributed by atoms with Gasteiger partial charge in [0, 0.05) is 18.0 Å². The molecular weight excluding hydrogens is 204 g/mol. The summed E-state index contributed by atoms with van der Waals surface area (Å²) < 4.78 is 1.30. The summed E-state index contributed by atoms with van der Waals surface area (Å²) in [5.74, 6) is -0.151. The van der Waals surface area contributed by atoms with Gasteiger partial charge in [-0.05, 0) is 24.3 Å². The van der Waals surface area contributed by atoms with Gasteiger partial charge in [-0.3, -0.25) is 4.79 Å². The molecule has 3 rings (SSSR count). The van der Waals surface area contributed by atoms with Gasteiger partial charge >= 0.3 is 0 Å². The van der Waals surface area contributed by atoms with Gasteiger partial charge in [0.1, 0.15) is 0 Å². The first-order chi connectivity index (χ1) is 7.84. The summed E-state index contributed by atoms with van der Waals surface area (Å²) >= 11 is 0. The van der Waals surface area contributed by atoms with Crippen molar-refractivity contribution >= 4 is 16.9 Å². The molecule has 0 aliphatic heterocycles. The zero-order valence-electron chi connectivity index (χ0n) is 8.29. The fourth-order valence-corrected chi connectivity index (χ4v) is 1.59. The van der Waals surface area contributed by atoms with Crippen molar-refractivity contribution in [2.24, 2.45) is 0 Å². The molecule has 5 nitrogen and oxygen atoms in total.